The second kappa shape index (κ2) is 6.99. The van der Waals surface area contributed by atoms with Crippen molar-refractivity contribution in [1.82, 2.24) is 25.3 Å². The number of carbonyl (C=O) groups excluding carboxylic acids is 1. The SMILES string of the molecule is Nc1cc(C(=O)NC2CCN(c3ncnc4[nH]cc(Cl)c34)CC2)c(F)cn1. The van der Waals surface area contributed by atoms with Crippen LogP contribution in [0, 0.1) is 5.82 Å². The van der Waals surface area contributed by atoms with Gasteiger partial charge in [-0.3, -0.25) is 4.79 Å². The van der Waals surface area contributed by atoms with Crippen molar-refractivity contribution in [3.8, 4) is 0 Å². The van der Waals surface area contributed by atoms with E-state index < -0.39 is 11.7 Å². The molecule has 0 saturated carbocycles. The van der Waals surface area contributed by atoms with E-state index in [0.29, 0.717) is 36.6 Å². The molecule has 3 aromatic rings. The highest BCUT2D eigenvalue weighted by molar-refractivity contribution is 6.36. The topological polar surface area (TPSA) is 113 Å². The van der Waals surface area contributed by atoms with E-state index in [-0.39, 0.29) is 17.4 Å². The monoisotopic (exact) mass is 389 g/mol. The first kappa shape index (κ1) is 17.5. The van der Waals surface area contributed by atoms with Crippen LogP contribution in [0.2, 0.25) is 5.02 Å². The number of nitrogens with zero attached hydrogens (tertiary/aromatic N) is 4. The predicted octanol–water partition coefficient (Wildman–Crippen LogP) is 2.13. The van der Waals surface area contributed by atoms with Gasteiger partial charge in [-0.25, -0.2) is 19.3 Å². The molecule has 0 aromatic carbocycles. The van der Waals surface area contributed by atoms with E-state index in [4.69, 9.17) is 17.3 Å². The van der Waals surface area contributed by atoms with Gasteiger partial charge in [-0.05, 0) is 18.9 Å². The minimum atomic E-state index is -0.690. The number of rotatable bonds is 3. The van der Waals surface area contributed by atoms with Crippen LogP contribution >= 0.6 is 11.6 Å². The lowest BCUT2D eigenvalue weighted by molar-refractivity contribution is 0.0927. The van der Waals surface area contributed by atoms with Gasteiger partial charge in [-0.15, -0.1) is 0 Å². The molecule has 1 aliphatic rings. The molecule has 0 spiro atoms. The number of H-pyrrole nitrogens is 1. The Labute approximate surface area is 159 Å². The number of fused-ring (bicyclic) bond motifs is 1. The molecule has 1 amide bonds. The van der Waals surface area contributed by atoms with Gasteiger partial charge in [0.15, 0.2) is 5.82 Å². The first-order chi connectivity index (χ1) is 13.0. The molecule has 1 fully saturated rings. The Bertz CT molecular complexity index is 1000. The summed E-state index contributed by atoms with van der Waals surface area (Å²) in [5.41, 5.74) is 6.13. The molecule has 0 bridgehead atoms. The summed E-state index contributed by atoms with van der Waals surface area (Å²) in [6.45, 7) is 1.36. The summed E-state index contributed by atoms with van der Waals surface area (Å²) < 4.78 is 13.8. The first-order valence-electron chi connectivity index (χ1n) is 8.47. The second-order valence-corrected chi connectivity index (χ2v) is 6.79. The van der Waals surface area contributed by atoms with Crippen molar-refractivity contribution in [2.45, 2.75) is 18.9 Å². The summed E-state index contributed by atoms with van der Waals surface area (Å²) in [5, 5.41) is 4.22. The highest BCUT2D eigenvalue weighted by Crippen LogP contribution is 2.31. The Balaban J connectivity index is 1.44. The van der Waals surface area contributed by atoms with Crippen molar-refractivity contribution in [2.75, 3.05) is 23.7 Å². The van der Waals surface area contributed by atoms with Gasteiger partial charge in [0, 0.05) is 25.3 Å². The number of nitrogen functional groups attached to an aromatic ring is 1. The fourth-order valence-electron chi connectivity index (χ4n) is 3.28. The Morgan fingerprint density at radius 1 is 1.33 bits per heavy atom. The molecule has 4 N–H and O–H groups in total. The van der Waals surface area contributed by atoms with E-state index in [2.05, 4.69) is 30.2 Å². The standard InChI is InChI=1S/C17H17ClFN7O/c18-11-6-22-15-14(11)16(24-8-23-15)26-3-1-9(2-4-26)25-17(27)10-5-13(20)21-7-12(10)19/h5-9H,1-4H2,(H2,20,21)(H,25,27)(H,22,23,24). The molecular weight excluding hydrogens is 373 g/mol. The minimum absolute atomic E-state index is 0.0680. The van der Waals surface area contributed by atoms with Crippen molar-refractivity contribution < 1.29 is 9.18 Å². The van der Waals surface area contributed by atoms with E-state index in [0.717, 1.165) is 17.4 Å². The van der Waals surface area contributed by atoms with Crippen molar-refractivity contribution in [1.29, 1.82) is 0 Å². The van der Waals surface area contributed by atoms with Crippen LogP contribution in [-0.4, -0.2) is 45.0 Å². The fraction of sp³-hybridized carbons (Fsp3) is 0.294. The Hall–Kier alpha value is -2.94. The van der Waals surface area contributed by atoms with Gasteiger partial charge in [0.2, 0.25) is 0 Å². The van der Waals surface area contributed by atoms with Crippen LogP contribution in [0.1, 0.15) is 23.2 Å². The second-order valence-electron chi connectivity index (χ2n) is 6.38. The van der Waals surface area contributed by atoms with Gasteiger partial charge < -0.3 is 20.9 Å². The van der Waals surface area contributed by atoms with Gasteiger partial charge in [-0.1, -0.05) is 11.6 Å². The van der Waals surface area contributed by atoms with Gasteiger partial charge in [0.1, 0.15) is 23.6 Å². The molecule has 0 radical (unpaired) electrons. The van der Waals surface area contributed by atoms with Crippen molar-refractivity contribution in [2.24, 2.45) is 0 Å². The highest BCUT2D eigenvalue weighted by atomic mass is 35.5. The maximum atomic E-state index is 13.8. The van der Waals surface area contributed by atoms with E-state index in [1.807, 2.05) is 0 Å². The summed E-state index contributed by atoms with van der Waals surface area (Å²) in [5.74, 6) is -0.306. The Morgan fingerprint density at radius 3 is 2.89 bits per heavy atom. The lowest BCUT2D eigenvalue weighted by atomic mass is 10.0. The number of nitrogens with two attached hydrogens (primary N) is 1. The van der Waals surface area contributed by atoms with Crippen LogP contribution in [0.25, 0.3) is 11.0 Å². The van der Waals surface area contributed by atoms with Gasteiger partial charge >= 0.3 is 0 Å². The number of nitrogens with one attached hydrogen (secondary N) is 2. The lowest BCUT2D eigenvalue weighted by Gasteiger charge is -2.33. The normalized spacial score (nSPS) is 15.3. The average Bonchev–Trinajstić information content (AvgIpc) is 3.05. The number of amides is 1. The molecular formula is C17H17ClFN7O. The maximum Gasteiger partial charge on any atom is 0.254 e. The number of aromatic nitrogens is 4. The molecule has 1 saturated heterocycles. The zero-order chi connectivity index (χ0) is 19.0. The summed E-state index contributed by atoms with van der Waals surface area (Å²) in [4.78, 5) is 29.6. The Kier molecular flexibility index (Phi) is 4.53. The highest BCUT2D eigenvalue weighted by Gasteiger charge is 2.25. The minimum Gasteiger partial charge on any atom is -0.384 e. The molecule has 4 rings (SSSR count). The molecule has 0 unspecified atom stereocenters. The number of hydrogen-bond acceptors (Lipinski definition) is 6. The third-order valence-corrected chi connectivity index (χ3v) is 4.95. The van der Waals surface area contributed by atoms with Gasteiger partial charge in [0.05, 0.1) is 22.2 Å². The molecule has 4 heterocycles. The third-order valence-electron chi connectivity index (χ3n) is 4.65. The van der Waals surface area contributed by atoms with Crippen LogP contribution < -0.4 is 16.0 Å². The van der Waals surface area contributed by atoms with E-state index >= 15 is 0 Å². The number of halogens is 2. The quantitative estimate of drug-likeness (QED) is 0.632. The summed E-state index contributed by atoms with van der Waals surface area (Å²) in [6.07, 6.45) is 5.53. The molecule has 0 atom stereocenters. The number of pyridine rings is 1. The zero-order valence-corrected chi connectivity index (χ0v) is 15.0. The predicted molar refractivity (Wildman–Crippen MR) is 100 cm³/mol. The molecule has 3 aromatic heterocycles. The average molecular weight is 390 g/mol. The zero-order valence-electron chi connectivity index (χ0n) is 14.2. The molecule has 8 nitrogen and oxygen atoms in total. The third kappa shape index (κ3) is 3.37. The van der Waals surface area contributed by atoms with Crippen molar-refractivity contribution in [3.63, 3.8) is 0 Å². The fourth-order valence-corrected chi connectivity index (χ4v) is 3.51. The summed E-state index contributed by atoms with van der Waals surface area (Å²) in [7, 11) is 0. The van der Waals surface area contributed by atoms with Crippen LogP contribution in [0.5, 0.6) is 0 Å². The molecule has 10 heteroatoms. The summed E-state index contributed by atoms with van der Waals surface area (Å²) in [6, 6.07) is 1.17. The largest absolute Gasteiger partial charge is 0.384 e. The molecule has 27 heavy (non-hydrogen) atoms. The number of aromatic amines is 1. The van der Waals surface area contributed by atoms with Crippen molar-refractivity contribution in [3.05, 3.63) is 41.2 Å². The number of piperidine rings is 1. The van der Waals surface area contributed by atoms with E-state index in [9.17, 15) is 9.18 Å². The van der Waals surface area contributed by atoms with Crippen LogP contribution in [0.4, 0.5) is 16.0 Å². The van der Waals surface area contributed by atoms with Gasteiger partial charge in [-0.2, -0.15) is 0 Å². The summed E-state index contributed by atoms with van der Waals surface area (Å²) >= 11 is 6.24. The lowest BCUT2D eigenvalue weighted by Crippen LogP contribution is -2.45. The molecule has 140 valence electrons. The van der Waals surface area contributed by atoms with Crippen LogP contribution in [-0.2, 0) is 0 Å². The maximum absolute atomic E-state index is 13.8. The first-order valence-corrected chi connectivity index (χ1v) is 8.85. The number of anilines is 2. The van der Waals surface area contributed by atoms with E-state index in [1.165, 1.54) is 12.4 Å². The Morgan fingerprint density at radius 2 is 2.11 bits per heavy atom. The van der Waals surface area contributed by atoms with Crippen LogP contribution in [0.3, 0.4) is 0 Å². The number of hydrogen-bond donors (Lipinski definition) is 3. The van der Waals surface area contributed by atoms with Crippen molar-refractivity contribution >= 4 is 40.2 Å². The molecule has 0 aliphatic carbocycles. The van der Waals surface area contributed by atoms with E-state index in [1.54, 1.807) is 6.20 Å². The van der Waals surface area contributed by atoms with Gasteiger partial charge in [0.25, 0.3) is 5.91 Å². The van der Waals surface area contributed by atoms with Crippen LogP contribution in [0.15, 0.2) is 24.8 Å². The molecule has 1 aliphatic heterocycles. The smallest absolute Gasteiger partial charge is 0.254 e. The number of carbonyl (C=O) groups is 1.